The number of rotatable bonds is 9. The zero-order chi connectivity index (χ0) is 27.2. The van der Waals surface area contributed by atoms with E-state index < -0.39 is 45.1 Å². The molecule has 37 heavy (non-hydrogen) atoms. The summed E-state index contributed by atoms with van der Waals surface area (Å²) < 4.78 is 91.9. The number of amides is 1. The average molecular weight is 540 g/mol. The second kappa shape index (κ2) is 11.5. The molecule has 0 radical (unpaired) electrons. The van der Waals surface area contributed by atoms with E-state index in [0.717, 1.165) is 36.1 Å². The number of nitrogens with zero attached hydrogens (tertiary/aromatic N) is 1. The number of hydrogen-bond acceptors (Lipinski definition) is 4. The fourth-order valence-electron chi connectivity index (χ4n) is 3.35. The normalized spacial score (nSPS) is 12.1. The van der Waals surface area contributed by atoms with Crippen LogP contribution in [0.1, 0.15) is 28.1 Å². The van der Waals surface area contributed by atoms with Crippen molar-refractivity contribution in [2.75, 3.05) is 11.0 Å². The molecule has 2 aromatic carbocycles. The van der Waals surface area contributed by atoms with Crippen LogP contribution in [0.3, 0.4) is 0 Å². The molecule has 0 aliphatic carbocycles. The predicted octanol–water partition coefficient (Wildman–Crippen LogP) is 4.86. The maximum atomic E-state index is 14.1. The molecule has 0 aliphatic heterocycles. The van der Waals surface area contributed by atoms with E-state index in [0.29, 0.717) is 12.0 Å². The Hall–Kier alpha value is -3.80. The van der Waals surface area contributed by atoms with Gasteiger partial charge in [0.05, 0.1) is 6.26 Å². The molecule has 196 valence electrons. The van der Waals surface area contributed by atoms with Gasteiger partial charge in [-0.3, -0.25) is 9.52 Å². The van der Waals surface area contributed by atoms with Gasteiger partial charge in [0.1, 0.15) is 11.4 Å². The lowest BCUT2D eigenvalue weighted by Gasteiger charge is -2.11. The largest absolute Gasteiger partial charge is 0.433 e. The van der Waals surface area contributed by atoms with Crippen LogP contribution >= 0.6 is 0 Å². The first kappa shape index (κ1) is 27.8. The Morgan fingerprint density at radius 2 is 1.62 bits per heavy atom. The molecule has 1 amide bonds. The number of nitrogens with one attached hydrogen (secondary N) is 2. The molecular formula is C25H22F5N3O3S. The number of halogens is 5. The molecule has 3 aromatic rings. The van der Waals surface area contributed by atoms with Crippen molar-refractivity contribution in [3.63, 3.8) is 0 Å². The number of pyridine rings is 1. The summed E-state index contributed by atoms with van der Waals surface area (Å²) in [7, 11) is -3.91. The number of aryl methyl sites for hydroxylation is 2. The third kappa shape index (κ3) is 8.38. The average Bonchev–Trinajstić information content (AvgIpc) is 2.82. The topological polar surface area (TPSA) is 88.2 Å². The summed E-state index contributed by atoms with van der Waals surface area (Å²) in [6.45, 7) is -0.289. The number of alkyl halides is 3. The standard InChI is InChI=1S/C25H22F5N3O3S/c1-37(35,36)33-24-19(26)13-17(14-20(24)27)15-31-23(34)12-9-18-8-11-22(25(28,29)30)32-21(18)10-7-16-5-3-2-4-6-16/h2-6,8-9,11-14,33H,7,10,15H2,1H3,(H,31,34)/b12-9-. The number of hydrogen-bond donors (Lipinski definition) is 2. The van der Waals surface area contributed by atoms with Gasteiger partial charge in [0, 0.05) is 18.3 Å². The molecule has 0 aliphatic rings. The Labute approximate surface area is 210 Å². The maximum absolute atomic E-state index is 14.1. The van der Waals surface area contributed by atoms with Crippen molar-refractivity contribution in [2.45, 2.75) is 25.6 Å². The summed E-state index contributed by atoms with van der Waals surface area (Å²) in [6, 6.07) is 12.9. The van der Waals surface area contributed by atoms with Crippen molar-refractivity contribution >= 4 is 27.7 Å². The highest BCUT2D eigenvalue weighted by molar-refractivity contribution is 7.92. The third-order valence-corrected chi connectivity index (χ3v) is 5.64. The van der Waals surface area contributed by atoms with Gasteiger partial charge in [-0.25, -0.2) is 22.2 Å². The van der Waals surface area contributed by atoms with Gasteiger partial charge in [0.2, 0.25) is 15.9 Å². The lowest BCUT2D eigenvalue weighted by Crippen LogP contribution is -2.21. The molecule has 0 saturated heterocycles. The molecule has 0 saturated carbocycles. The molecule has 0 fully saturated rings. The third-order valence-electron chi connectivity index (χ3n) is 5.06. The van der Waals surface area contributed by atoms with E-state index in [9.17, 15) is 35.2 Å². The highest BCUT2D eigenvalue weighted by Gasteiger charge is 2.32. The fourth-order valence-corrected chi connectivity index (χ4v) is 3.92. The molecule has 0 unspecified atom stereocenters. The van der Waals surface area contributed by atoms with Crippen molar-refractivity contribution < 1.29 is 35.2 Å². The summed E-state index contributed by atoms with van der Waals surface area (Å²) >= 11 is 0. The van der Waals surface area contributed by atoms with Crippen LogP contribution in [0, 0.1) is 11.6 Å². The van der Waals surface area contributed by atoms with Gasteiger partial charge < -0.3 is 5.32 Å². The smallest absolute Gasteiger partial charge is 0.348 e. The highest BCUT2D eigenvalue weighted by atomic mass is 32.2. The number of anilines is 1. The monoisotopic (exact) mass is 539 g/mol. The van der Waals surface area contributed by atoms with E-state index in [-0.39, 0.29) is 24.2 Å². The first-order chi connectivity index (χ1) is 17.3. The quantitative estimate of drug-likeness (QED) is 0.300. The Bertz CT molecular complexity index is 1390. The van der Waals surface area contributed by atoms with E-state index in [1.807, 2.05) is 30.3 Å². The van der Waals surface area contributed by atoms with Crippen LogP contribution in [0.5, 0.6) is 0 Å². The van der Waals surface area contributed by atoms with Crippen molar-refractivity contribution in [1.29, 1.82) is 0 Å². The summed E-state index contributed by atoms with van der Waals surface area (Å²) in [5.41, 5.74) is -0.485. The van der Waals surface area contributed by atoms with Gasteiger partial charge in [-0.15, -0.1) is 0 Å². The van der Waals surface area contributed by atoms with E-state index in [2.05, 4.69) is 10.3 Å². The molecule has 0 spiro atoms. The van der Waals surface area contributed by atoms with Crippen molar-refractivity contribution in [1.82, 2.24) is 10.3 Å². The van der Waals surface area contributed by atoms with Crippen LogP contribution in [-0.4, -0.2) is 25.6 Å². The summed E-state index contributed by atoms with van der Waals surface area (Å²) in [5.74, 6) is -3.00. The van der Waals surface area contributed by atoms with Crippen molar-refractivity contribution in [3.05, 3.63) is 100 Å². The first-order valence-electron chi connectivity index (χ1n) is 10.8. The second-order valence-electron chi connectivity index (χ2n) is 8.08. The highest BCUT2D eigenvalue weighted by Crippen LogP contribution is 2.29. The van der Waals surface area contributed by atoms with E-state index >= 15 is 0 Å². The number of sulfonamides is 1. The Balaban J connectivity index is 1.72. The van der Waals surface area contributed by atoms with Crippen LogP contribution in [-0.2, 0) is 40.4 Å². The molecular weight excluding hydrogens is 517 g/mol. The molecule has 2 N–H and O–H groups in total. The Morgan fingerprint density at radius 3 is 2.22 bits per heavy atom. The molecule has 6 nitrogen and oxygen atoms in total. The molecule has 0 bridgehead atoms. The Morgan fingerprint density at radius 1 is 0.973 bits per heavy atom. The van der Waals surface area contributed by atoms with Crippen LogP contribution in [0.4, 0.5) is 27.6 Å². The maximum Gasteiger partial charge on any atom is 0.433 e. The zero-order valence-corrected chi connectivity index (χ0v) is 20.3. The van der Waals surface area contributed by atoms with E-state index in [1.165, 1.54) is 12.1 Å². The molecule has 0 atom stereocenters. The van der Waals surface area contributed by atoms with Gasteiger partial charge in [-0.05, 0) is 53.8 Å². The summed E-state index contributed by atoms with van der Waals surface area (Å²) in [5, 5.41) is 2.41. The molecule has 12 heteroatoms. The van der Waals surface area contributed by atoms with Gasteiger partial charge in [-0.2, -0.15) is 13.2 Å². The van der Waals surface area contributed by atoms with Crippen molar-refractivity contribution in [2.24, 2.45) is 0 Å². The minimum Gasteiger partial charge on any atom is -0.348 e. The lowest BCUT2D eigenvalue weighted by atomic mass is 10.0. The van der Waals surface area contributed by atoms with E-state index in [1.54, 1.807) is 4.72 Å². The molecule has 1 heterocycles. The van der Waals surface area contributed by atoms with Gasteiger partial charge in [0.15, 0.2) is 11.6 Å². The van der Waals surface area contributed by atoms with Crippen LogP contribution in [0.2, 0.25) is 0 Å². The van der Waals surface area contributed by atoms with Crippen LogP contribution < -0.4 is 10.0 Å². The van der Waals surface area contributed by atoms with Crippen LogP contribution in [0.25, 0.3) is 6.08 Å². The predicted molar refractivity (Wildman–Crippen MR) is 129 cm³/mol. The number of carbonyl (C=O) groups excluding carboxylic acids is 1. The minimum atomic E-state index is -4.63. The minimum absolute atomic E-state index is 0.0237. The fraction of sp³-hybridized carbons (Fsp3) is 0.200. The van der Waals surface area contributed by atoms with Gasteiger partial charge in [0.25, 0.3) is 0 Å². The Kier molecular flexibility index (Phi) is 8.64. The first-order valence-corrected chi connectivity index (χ1v) is 12.7. The van der Waals surface area contributed by atoms with Gasteiger partial charge in [-0.1, -0.05) is 36.4 Å². The zero-order valence-electron chi connectivity index (χ0n) is 19.4. The molecule has 3 rings (SSSR count). The lowest BCUT2D eigenvalue weighted by molar-refractivity contribution is -0.141. The van der Waals surface area contributed by atoms with E-state index in [4.69, 9.17) is 0 Å². The molecule has 1 aromatic heterocycles. The SMILES string of the molecule is CS(=O)(=O)Nc1c(F)cc(CNC(=O)/C=C\c2ccc(C(F)(F)F)nc2CCc2ccccc2)cc1F. The summed E-state index contributed by atoms with van der Waals surface area (Å²) in [4.78, 5) is 16.0. The summed E-state index contributed by atoms with van der Waals surface area (Å²) in [6.07, 6.45) is -0.874. The van der Waals surface area contributed by atoms with Crippen molar-refractivity contribution in [3.8, 4) is 0 Å². The second-order valence-corrected chi connectivity index (χ2v) is 9.82. The number of aromatic nitrogens is 1. The van der Waals surface area contributed by atoms with Crippen LogP contribution in [0.15, 0.2) is 60.7 Å². The number of benzene rings is 2. The number of carbonyl (C=O) groups is 1. The van der Waals surface area contributed by atoms with Gasteiger partial charge >= 0.3 is 6.18 Å².